The summed E-state index contributed by atoms with van der Waals surface area (Å²) in [5.41, 5.74) is 2.03. The molecule has 0 aliphatic carbocycles. The minimum absolute atomic E-state index is 0.0600. The highest BCUT2D eigenvalue weighted by Crippen LogP contribution is 2.16. The standard InChI is InChI=1S/C17H20N2O2/c1-18-13-17(20)19-15-7-9-16(10-8-15)21-12-11-14-5-3-2-4-6-14/h2-10,18H,11-13H2,1H3,(H,19,20). The van der Waals surface area contributed by atoms with Gasteiger partial charge in [0.2, 0.25) is 5.91 Å². The number of carbonyl (C=O) groups is 1. The van der Waals surface area contributed by atoms with E-state index < -0.39 is 0 Å². The second-order valence-electron chi connectivity index (χ2n) is 4.69. The zero-order chi connectivity index (χ0) is 14.9. The van der Waals surface area contributed by atoms with Crippen LogP contribution in [-0.2, 0) is 11.2 Å². The molecule has 0 unspecified atom stereocenters. The zero-order valence-corrected chi connectivity index (χ0v) is 12.1. The molecule has 0 fully saturated rings. The predicted molar refractivity (Wildman–Crippen MR) is 84.6 cm³/mol. The van der Waals surface area contributed by atoms with Crippen LogP contribution in [0.4, 0.5) is 5.69 Å². The maximum absolute atomic E-state index is 11.4. The third-order valence-electron chi connectivity index (χ3n) is 2.98. The number of benzene rings is 2. The number of rotatable bonds is 7. The van der Waals surface area contributed by atoms with Crippen molar-refractivity contribution in [2.75, 3.05) is 25.5 Å². The molecule has 110 valence electrons. The highest BCUT2D eigenvalue weighted by atomic mass is 16.5. The van der Waals surface area contributed by atoms with E-state index in [0.717, 1.165) is 17.9 Å². The fraction of sp³-hybridized carbons (Fsp3) is 0.235. The number of carbonyl (C=O) groups excluding carboxylic acids is 1. The first-order chi connectivity index (χ1) is 10.3. The van der Waals surface area contributed by atoms with Crippen LogP contribution in [0.1, 0.15) is 5.56 Å². The Hall–Kier alpha value is -2.33. The summed E-state index contributed by atoms with van der Waals surface area (Å²) in [6.07, 6.45) is 0.876. The first-order valence-corrected chi connectivity index (χ1v) is 6.99. The van der Waals surface area contributed by atoms with Gasteiger partial charge in [-0.05, 0) is 36.9 Å². The molecule has 2 rings (SSSR count). The van der Waals surface area contributed by atoms with Crippen molar-refractivity contribution in [1.29, 1.82) is 0 Å². The quantitative estimate of drug-likeness (QED) is 0.821. The monoisotopic (exact) mass is 284 g/mol. The second kappa shape index (κ2) is 8.07. The summed E-state index contributed by atoms with van der Waals surface area (Å²) in [4.78, 5) is 11.4. The van der Waals surface area contributed by atoms with Gasteiger partial charge in [0.25, 0.3) is 0 Å². The molecule has 0 atom stereocenters. The van der Waals surface area contributed by atoms with E-state index in [1.165, 1.54) is 5.56 Å². The lowest BCUT2D eigenvalue weighted by Gasteiger charge is -2.08. The Labute approximate surface area is 125 Å². The summed E-state index contributed by atoms with van der Waals surface area (Å²) in [7, 11) is 1.74. The first-order valence-electron chi connectivity index (χ1n) is 6.99. The number of anilines is 1. The van der Waals surface area contributed by atoms with Crippen LogP contribution in [0.3, 0.4) is 0 Å². The summed E-state index contributed by atoms with van der Waals surface area (Å²) < 4.78 is 5.69. The topological polar surface area (TPSA) is 50.4 Å². The van der Waals surface area contributed by atoms with Crippen LogP contribution < -0.4 is 15.4 Å². The van der Waals surface area contributed by atoms with Crippen LogP contribution in [0, 0.1) is 0 Å². The average Bonchev–Trinajstić information content (AvgIpc) is 2.50. The van der Waals surface area contributed by atoms with E-state index in [4.69, 9.17) is 4.74 Å². The molecule has 0 radical (unpaired) electrons. The molecule has 0 heterocycles. The molecule has 2 N–H and O–H groups in total. The van der Waals surface area contributed by atoms with Crippen molar-refractivity contribution in [3.05, 3.63) is 60.2 Å². The second-order valence-corrected chi connectivity index (χ2v) is 4.69. The fourth-order valence-electron chi connectivity index (χ4n) is 1.93. The third kappa shape index (κ3) is 5.28. The van der Waals surface area contributed by atoms with Crippen molar-refractivity contribution in [3.8, 4) is 5.75 Å². The summed E-state index contributed by atoms with van der Waals surface area (Å²) in [6, 6.07) is 17.6. The molecular formula is C17H20N2O2. The van der Waals surface area contributed by atoms with Crippen molar-refractivity contribution in [2.45, 2.75) is 6.42 Å². The lowest BCUT2D eigenvalue weighted by Crippen LogP contribution is -2.24. The van der Waals surface area contributed by atoms with Crippen LogP contribution in [0.25, 0.3) is 0 Å². The lowest BCUT2D eigenvalue weighted by molar-refractivity contribution is -0.115. The lowest BCUT2D eigenvalue weighted by atomic mass is 10.2. The Balaban J connectivity index is 1.78. The summed E-state index contributed by atoms with van der Waals surface area (Å²) in [6.45, 7) is 0.935. The Kier molecular flexibility index (Phi) is 5.79. The van der Waals surface area contributed by atoms with E-state index in [-0.39, 0.29) is 5.91 Å². The van der Waals surface area contributed by atoms with Crippen molar-refractivity contribution < 1.29 is 9.53 Å². The molecule has 0 saturated carbocycles. The molecule has 0 aliphatic rings. The van der Waals surface area contributed by atoms with Crippen LogP contribution in [0.5, 0.6) is 5.75 Å². The predicted octanol–water partition coefficient (Wildman–Crippen LogP) is 2.47. The van der Waals surface area contributed by atoms with Gasteiger partial charge >= 0.3 is 0 Å². The van der Waals surface area contributed by atoms with E-state index in [1.807, 2.05) is 42.5 Å². The number of amides is 1. The molecule has 0 bridgehead atoms. The average molecular weight is 284 g/mol. The van der Waals surface area contributed by atoms with Crippen molar-refractivity contribution in [3.63, 3.8) is 0 Å². The molecule has 0 aromatic heterocycles. The largest absolute Gasteiger partial charge is 0.493 e. The van der Waals surface area contributed by atoms with E-state index in [2.05, 4.69) is 22.8 Å². The van der Waals surface area contributed by atoms with Crippen molar-refractivity contribution >= 4 is 11.6 Å². The smallest absolute Gasteiger partial charge is 0.238 e. The molecule has 21 heavy (non-hydrogen) atoms. The number of likely N-dealkylation sites (N-methyl/N-ethyl adjacent to an activating group) is 1. The van der Waals surface area contributed by atoms with Gasteiger partial charge in [-0.3, -0.25) is 4.79 Å². The Morgan fingerprint density at radius 3 is 2.43 bits per heavy atom. The minimum atomic E-state index is -0.0600. The van der Waals surface area contributed by atoms with Crippen molar-refractivity contribution in [1.82, 2.24) is 5.32 Å². The van der Waals surface area contributed by atoms with Crippen LogP contribution in [-0.4, -0.2) is 26.1 Å². The molecule has 2 aromatic rings. The highest BCUT2D eigenvalue weighted by molar-refractivity contribution is 5.92. The van der Waals surface area contributed by atoms with Crippen LogP contribution in [0.15, 0.2) is 54.6 Å². The summed E-state index contributed by atoms with van der Waals surface area (Å²) >= 11 is 0. The van der Waals surface area contributed by atoms with Crippen molar-refractivity contribution in [2.24, 2.45) is 0 Å². The van der Waals surface area contributed by atoms with Gasteiger partial charge in [0, 0.05) is 12.1 Å². The van der Waals surface area contributed by atoms with E-state index in [1.54, 1.807) is 7.05 Å². The maximum Gasteiger partial charge on any atom is 0.238 e. The highest BCUT2D eigenvalue weighted by Gasteiger charge is 2.01. The Bertz CT molecular complexity index is 553. The van der Waals surface area contributed by atoms with Gasteiger partial charge in [-0.1, -0.05) is 30.3 Å². The fourth-order valence-corrected chi connectivity index (χ4v) is 1.93. The van der Waals surface area contributed by atoms with E-state index in [0.29, 0.717) is 13.2 Å². The van der Waals surface area contributed by atoms with Gasteiger partial charge in [-0.25, -0.2) is 0 Å². The zero-order valence-electron chi connectivity index (χ0n) is 12.1. The summed E-state index contributed by atoms with van der Waals surface area (Å²) in [5, 5.41) is 5.60. The molecule has 1 amide bonds. The van der Waals surface area contributed by atoms with Gasteiger partial charge in [-0.15, -0.1) is 0 Å². The first kappa shape index (κ1) is 15.1. The van der Waals surface area contributed by atoms with E-state index >= 15 is 0 Å². The molecule has 0 aliphatic heterocycles. The molecule has 0 spiro atoms. The number of hydrogen-bond acceptors (Lipinski definition) is 3. The molecular weight excluding hydrogens is 264 g/mol. The van der Waals surface area contributed by atoms with Gasteiger partial charge in [-0.2, -0.15) is 0 Å². The minimum Gasteiger partial charge on any atom is -0.493 e. The molecule has 4 heteroatoms. The number of ether oxygens (including phenoxy) is 1. The van der Waals surface area contributed by atoms with E-state index in [9.17, 15) is 4.79 Å². The number of nitrogens with one attached hydrogen (secondary N) is 2. The third-order valence-corrected chi connectivity index (χ3v) is 2.98. The molecule has 2 aromatic carbocycles. The van der Waals surface area contributed by atoms with Crippen LogP contribution >= 0.6 is 0 Å². The molecule has 4 nitrogen and oxygen atoms in total. The van der Waals surface area contributed by atoms with Gasteiger partial charge < -0.3 is 15.4 Å². The summed E-state index contributed by atoms with van der Waals surface area (Å²) in [5.74, 6) is 0.743. The number of hydrogen-bond donors (Lipinski definition) is 2. The van der Waals surface area contributed by atoms with Gasteiger partial charge in [0.1, 0.15) is 5.75 Å². The normalized spacial score (nSPS) is 10.1. The van der Waals surface area contributed by atoms with Gasteiger partial charge in [0.15, 0.2) is 0 Å². The Morgan fingerprint density at radius 2 is 1.76 bits per heavy atom. The molecule has 0 saturated heterocycles. The maximum atomic E-state index is 11.4. The SMILES string of the molecule is CNCC(=O)Nc1ccc(OCCc2ccccc2)cc1. The Morgan fingerprint density at radius 1 is 1.05 bits per heavy atom. The van der Waals surface area contributed by atoms with Gasteiger partial charge in [0.05, 0.1) is 13.2 Å². The van der Waals surface area contributed by atoms with Crippen LogP contribution in [0.2, 0.25) is 0 Å².